The first kappa shape index (κ1) is 28.3. The Bertz CT molecular complexity index is 1480. The average molecular weight is 562 g/mol. The molecule has 0 spiro atoms. The van der Waals surface area contributed by atoms with E-state index in [9.17, 15) is 31.2 Å². The molecule has 0 bridgehead atoms. The molecule has 3 aromatic heterocycles. The highest BCUT2D eigenvalue weighted by Crippen LogP contribution is 2.19. The standard InChI is InChI=1S/C17H21N9O4S.C2HF3O2/c1-25-7-11(14(24-25)15(19)27)22-17(28)9-6-20-26-4-2-13(23-16(9)26)21-12-8-31(29,30)5-3-10(12)18;3-2(4,5)1(6)7/h2,4,6-7,10,12H,3,5,8,18H2,1H3,(H2,19,27)(H,21,23)(H,22,28);(H,6,7)/t10-,12+;/m0./s1. The number of sulfone groups is 1. The van der Waals surface area contributed by atoms with E-state index in [1.54, 1.807) is 19.3 Å². The van der Waals surface area contributed by atoms with Crippen LogP contribution in [0.5, 0.6) is 0 Å². The maximum atomic E-state index is 12.8. The molecule has 7 N–H and O–H groups in total. The van der Waals surface area contributed by atoms with Crippen molar-refractivity contribution in [1.82, 2.24) is 24.4 Å². The van der Waals surface area contributed by atoms with Crippen LogP contribution in [0.4, 0.5) is 24.7 Å². The highest BCUT2D eigenvalue weighted by Gasteiger charge is 2.38. The summed E-state index contributed by atoms with van der Waals surface area (Å²) in [5, 5.41) is 20.8. The number of carboxylic acids is 1. The second-order valence-corrected chi connectivity index (χ2v) is 10.4. The number of fused-ring (bicyclic) bond motifs is 1. The Morgan fingerprint density at radius 2 is 1.92 bits per heavy atom. The van der Waals surface area contributed by atoms with Gasteiger partial charge in [-0.1, -0.05) is 0 Å². The molecule has 15 nitrogen and oxygen atoms in total. The van der Waals surface area contributed by atoms with Crippen LogP contribution in [-0.4, -0.2) is 85.5 Å². The third-order valence-corrected chi connectivity index (χ3v) is 6.94. The molecule has 1 aliphatic heterocycles. The number of primary amides is 1. The van der Waals surface area contributed by atoms with Gasteiger partial charge in [0, 0.05) is 25.5 Å². The van der Waals surface area contributed by atoms with Gasteiger partial charge < -0.3 is 27.2 Å². The summed E-state index contributed by atoms with van der Waals surface area (Å²) in [5.41, 5.74) is 11.8. The molecular weight excluding hydrogens is 539 g/mol. The molecule has 3 aromatic rings. The van der Waals surface area contributed by atoms with Crippen molar-refractivity contribution in [2.45, 2.75) is 24.7 Å². The summed E-state index contributed by atoms with van der Waals surface area (Å²) in [6.07, 6.45) is -0.354. The Balaban J connectivity index is 0.000000505. The Morgan fingerprint density at radius 1 is 1.26 bits per heavy atom. The van der Waals surface area contributed by atoms with Crippen molar-refractivity contribution in [3.8, 4) is 0 Å². The van der Waals surface area contributed by atoms with Crippen molar-refractivity contribution in [3.05, 3.63) is 35.9 Å². The number of aliphatic carboxylic acids is 1. The SMILES string of the molecule is Cn1cc(NC(=O)c2cnn3ccc(N[C@@H]4CS(=O)(=O)CC[C@@H]4N)nc23)c(C(N)=O)n1.O=C(O)C(F)(F)F. The summed E-state index contributed by atoms with van der Waals surface area (Å²) in [4.78, 5) is 37.6. The van der Waals surface area contributed by atoms with E-state index < -0.39 is 39.8 Å². The lowest BCUT2D eigenvalue weighted by Crippen LogP contribution is -2.50. The molecule has 4 rings (SSSR count). The fourth-order valence-electron chi connectivity index (χ4n) is 3.40. The second-order valence-electron chi connectivity index (χ2n) is 8.14. The van der Waals surface area contributed by atoms with Crippen LogP contribution in [-0.2, 0) is 21.7 Å². The number of amides is 2. The number of aromatic nitrogens is 5. The monoisotopic (exact) mass is 561 g/mol. The number of anilines is 2. The zero-order valence-electron chi connectivity index (χ0n) is 19.5. The molecule has 0 unspecified atom stereocenters. The first-order valence-corrected chi connectivity index (χ1v) is 12.4. The third kappa shape index (κ3) is 6.73. The predicted molar refractivity (Wildman–Crippen MR) is 125 cm³/mol. The molecule has 4 heterocycles. The normalized spacial score (nSPS) is 18.8. The number of halogens is 3. The molecule has 1 fully saturated rings. The van der Waals surface area contributed by atoms with Gasteiger partial charge in [-0.15, -0.1) is 0 Å². The lowest BCUT2D eigenvalue weighted by atomic mass is 10.1. The molecule has 0 aliphatic carbocycles. The van der Waals surface area contributed by atoms with E-state index in [0.717, 1.165) is 0 Å². The van der Waals surface area contributed by atoms with Gasteiger partial charge in [0.15, 0.2) is 21.2 Å². The smallest absolute Gasteiger partial charge is 0.475 e. The van der Waals surface area contributed by atoms with Crippen LogP contribution in [0, 0.1) is 0 Å². The van der Waals surface area contributed by atoms with Crippen molar-refractivity contribution in [1.29, 1.82) is 0 Å². The van der Waals surface area contributed by atoms with E-state index in [4.69, 9.17) is 21.4 Å². The summed E-state index contributed by atoms with van der Waals surface area (Å²) < 4.78 is 58.4. The molecule has 0 aromatic carbocycles. The van der Waals surface area contributed by atoms with Crippen molar-refractivity contribution in [2.24, 2.45) is 18.5 Å². The first-order chi connectivity index (χ1) is 17.6. The lowest BCUT2D eigenvalue weighted by Gasteiger charge is -2.29. The quantitative estimate of drug-likeness (QED) is 0.263. The van der Waals surface area contributed by atoms with Gasteiger partial charge in [0.1, 0.15) is 11.4 Å². The van der Waals surface area contributed by atoms with Gasteiger partial charge >= 0.3 is 12.1 Å². The van der Waals surface area contributed by atoms with Crippen molar-refractivity contribution < 1.29 is 41.1 Å². The van der Waals surface area contributed by atoms with Crippen LogP contribution in [0.1, 0.15) is 27.3 Å². The number of rotatable bonds is 5. The van der Waals surface area contributed by atoms with Crippen LogP contribution in [0.15, 0.2) is 24.7 Å². The number of nitrogens with two attached hydrogens (primary N) is 2. The van der Waals surface area contributed by atoms with Gasteiger partial charge in [-0.05, 0) is 12.5 Å². The number of aryl methyl sites for hydroxylation is 1. The summed E-state index contributed by atoms with van der Waals surface area (Å²) >= 11 is 0. The minimum Gasteiger partial charge on any atom is -0.475 e. The van der Waals surface area contributed by atoms with Crippen LogP contribution < -0.4 is 22.1 Å². The Hall–Kier alpha value is -4.26. The number of carbonyl (C=O) groups excluding carboxylic acids is 2. The van der Waals surface area contributed by atoms with Crippen LogP contribution in [0.3, 0.4) is 0 Å². The number of nitrogens with one attached hydrogen (secondary N) is 2. The predicted octanol–water partition coefficient (Wildman–Crippen LogP) is -0.626. The fraction of sp³-hybridized carbons (Fsp3) is 0.368. The van der Waals surface area contributed by atoms with Gasteiger partial charge in [-0.25, -0.2) is 22.7 Å². The number of hydrogen-bond donors (Lipinski definition) is 5. The van der Waals surface area contributed by atoms with Gasteiger partial charge in [0.05, 0.1) is 29.4 Å². The molecule has 2 amide bonds. The van der Waals surface area contributed by atoms with E-state index in [0.29, 0.717) is 12.2 Å². The average Bonchev–Trinajstić information content (AvgIpc) is 3.39. The molecule has 0 radical (unpaired) electrons. The summed E-state index contributed by atoms with van der Waals surface area (Å²) in [6, 6.07) is 0.775. The zero-order chi connectivity index (χ0) is 28.4. The van der Waals surface area contributed by atoms with Crippen LogP contribution in [0.2, 0.25) is 0 Å². The summed E-state index contributed by atoms with van der Waals surface area (Å²) in [5.74, 6) is -3.77. The van der Waals surface area contributed by atoms with Gasteiger partial charge in [0.25, 0.3) is 11.8 Å². The van der Waals surface area contributed by atoms with E-state index >= 15 is 0 Å². The third-order valence-electron chi connectivity index (χ3n) is 5.21. The number of carbonyl (C=O) groups is 3. The highest BCUT2D eigenvalue weighted by molar-refractivity contribution is 7.91. The largest absolute Gasteiger partial charge is 0.490 e. The van der Waals surface area contributed by atoms with E-state index in [1.807, 2.05) is 0 Å². The van der Waals surface area contributed by atoms with Gasteiger partial charge in [0.2, 0.25) is 0 Å². The summed E-state index contributed by atoms with van der Waals surface area (Å²) in [6.45, 7) is 0. The molecule has 1 saturated heterocycles. The maximum absolute atomic E-state index is 12.8. The highest BCUT2D eigenvalue weighted by atomic mass is 32.2. The van der Waals surface area contributed by atoms with E-state index in [1.165, 1.54) is 21.6 Å². The summed E-state index contributed by atoms with van der Waals surface area (Å²) in [7, 11) is -1.59. The Kier molecular flexibility index (Phi) is 7.91. The molecule has 19 heteroatoms. The maximum Gasteiger partial charge on any atom is 0.490 e. The topological polar surface area (TPSA) is 230 Å². The van der Waals surface area contributed by atoms with Gasteiger partial charge in [-0.2, -0.15) is 23.4 Å². The number of alkyl halides is 3. The van der Waals surface area contributed by atoms with Crippen molar-refractivity contribution in [3.63, 3.8) is 0 Å². The number of nitrogens with zero attached hydrogens (tertiary/aromatic N) is 5. The van der Waals surface area contributed by atoms with Crippen LogP contribution in [0.25, 0.3) is 5.65 Å². The lowest BCUT2D eigenvalue weighted by molar-refractivity contribution is -0.192. The zero-order valence-corrected chi connectivity index (χ0v) is 20.3. The Morgan fingerprint density at radius 3 is 2.53 bits per heavy atom. The number of carboxylic acid groups (broad SMARTS) is 1. The van der Waals surface area contributed by atoms with Crippen molar-refractivity contribution in [2.75, 3.05) is 22.1 Å². The van der Waals surface area contributed by atoms with E-state index in [-0.39, 0.29) is 40.1 Å². The van der Waals surface area contributed by atoms with Crippen LogP contribution >= 0.6 is 0 Å². The number of hydrogen-bond acceptors (Lipinski definition) is 10. The fourth-order valence-corrected chi connectivity index (χ4v) is 5.07. The molecule has 0 saturated carbocycles. The molecule has 2 atom stereocenters. The molecule has 1 aliphatic rings. The van der Waals surface area contributed by atoms with Gasteiger partial charge in [-0.3, -0.25) is 14.3 Å². The molecule has 206 valence electrons. The minimum absolute atomic E-state index is 0.0629. The Labute approximate surface area is 211 Å². The second kappa shape index (κ2) is 10.6. The van der Waals surface area contributed by atoms with E-state index in [2.05, 4.69) is 25.8 Å². The molecule has 38 heavy (non-hydrogen) atoms. The minimum atomic E-state index is -5.08. The first-order valence-electron chi connectivity index (χ1n) is 10.6. The van der Waals surface area contributed by atoms with Crippen molar-refractivity contribution >= 4 is 44.8 Å². The molecular formula is C19H22F3N9O6S.